The monoisotopic (exact) mass is 359 g/mol. The maximum absolute atomic E-state index is 14.2. The van der Waals surface area contributed by atoms with E-state index in [0.29, 0.717) is 5.75 Å². The van der Waals surface area contributed by atoms with Gasteiger partial charge in [0, 0.05) is 11.1 Å². The Balaban J connectivity index is 2.02. The number of hydrogen-bond donors (Lipinski definition) is 0. The van der Waals surface area contributed by atoms with Crippen LogP contribution in [0.4, 0.5) is 8.78 Å². The minimum atomic E-state index is -1.12. The van der Waals surface area contributed by atoms with Crippen molar-refractivity contribution in [2.45, 2.75) is 6.54 Å². The highest BCUT2D eigenvalue weighted by atomic mass is 19.2. The first-order valence-corrected chi connectivity index (χ1v) is 7.65. The first-order chi connectivity index (χ1) is 12.4. The highest BCUT2D eigenvalue weighted by Gasteiger charge is 2.39. The number of rotatable bonds is 5. The molecule has 0 aliphatic carbocycles. The molecule has 0 saturated carbocycles. The quantitative estimate of drug-likeness (QED) is 0.768. The van der Waals surface area contributed by atoms with E-state index in [0.717, 1.165) is 4.90 Å². The van der Waals surface area contributed by atoms with E-state index in [1.165, 1.54) is 44.6 Å². The minimum Gasteiger partial charge on any atom is -0.493 e. The summed E-state index contributed by atoms with van der Waals surface area (Å²) >= 11 is 0. The Hall–Kier alpha value is -3.22. The second kappa shape index (κ2) is 6.59. The standard InChI is InChI=1S/C19H15F2NO4/c1-4-10-5-6-11(16(21)15(10)20)9-22-18(23)12-7-8-13(25-2)17(26-3)14(12)19(22)24/h4-8H,1,9H2,2-3H3. The van der Waals surface area contributed by atoms with E-state index < -0.39 is 30.0 Å². The summed E-state index contributed by atoms with van der Waals surface area (Å²) in [7, 11) is 2.75. The summed E-state index contributed by atoms with van der Waals surface area (Å²) in [4.78, 5) is 26.1. The number of imide groups is 1. The molecule has 26 heavy (non-hydrogen) atoms. The Kier molecular flexibility index (Phi) is 4.46. The number of benzene rings is 2. The van der Waals surface area contributed by atoms with Gasteiger partial charge in [0.15, 0.2) is 23.1 Å². The van der Waals surface area contributed by atoms with Crippen molar-refractivity contribution in [2.75, 3.05) is 14.2 Å². The molecule has 1 aliphatic heterocycles. The number of nitrogens with zero attached hydrogens (tertiary/aromatic N) is 1. The average molecular weight is 359 g/mol. The van der Waals surface area contributed by atoms with Crippen molar-refractivity contribution in [3.05, 3.63) is 64.7 Å². The summed E-state index contributed by atoms with van der Waals surface area (Å²) in [5.41, 5.74) is 0.0465. The van der Waals surface area contributed by atoms with Crippen LogP contribution in [0.5, 0.6) is 11.5 Å². The molecule has 0 spiro atoms. The van der Waals surface area contributed by atoms with Crippen molar-refractivity contribution >= 4 is 17.9 Å². The Morgan fingerprint density at radius 3 is 2.38 bits per heavy atom. The van der Waals surface area contributed by atoms with Gasteiger partial charge in [-0.05, 0) is 12.1 Å². The highest BCUT2D eigenvalue weighted by Crippen LogP contribution is 2.38. The second-order valence-corrected chi connectivity index (χ2v) is 5.57. The van der Waals surface area contributed by atoms with Crippen LogP contribution in [-0.2, 0) is 6.54 Å². The summed E-state index contributed by atoms with van der Waals surface area (Å²) in [5.74, 6) is -3.05. The molecule has 0 aromatic heterocycles. The van der Waals surface area contributed by atoms with Crippen molar-refractivity contribution in [3.8, 4) is 11.5 Å². The lowest BCUT2D eigenvalue weighted by Crippen LogP contribution is -2.29. The summed E-state index contributed by atoms with van der Waals surface area (Å²) in [6.45, 7) is 3.00. The lowest BCUT2D eigenvalue weighted by Gasteiger charge is -2.15. The molecule has 1 aliphatic rings. The number of hydrogen-bond acceptors (Lipinski definition) is 4. The Morgan fingerprint density at radius 2 is 1.77 bits per heavy atom. The first-order valence-electron chi connectivity index (χ1n) is 7.65. The van der Waals surface area contributed by atoms with E-state index in [1.807, 2.05) is 0 Å². The number of amides is 2. The molecule has 0 radical (unpaired) electrons. The smallest absolute Gasteiger partial charge is 0.265 e. The van der Waals surface area contributed by atoms with E-state index in [1.54, 1.807) is 0 Å². The molecule has 0 bridgehead atoms. The lowest BCUT2D eigenvalue weighted by atomic mass is 10.1. The van der Waals surface area contributed by atoms with Crippen LogP contribution in [0, 0.1) is 11.6 Å². The molecular weight excluding hydrogens is 344 g/mol. The average Bonchev–Trinajstić information content (AvgIpc) is 2.89. The Labute approximate surface area is 148 Å². The fourth-order valence-corrected chi connectivity index (χ4v) is 2.89. The van der Waals surface area contributed by atoms with E-state index >= 15 is 0 Å². The number of fused-ring (bicyclic) bond motifs is 1. The molecular formula is C19H15F2NO4. The molecule has 2 amide bonds. The number of carbonyl (C=O) groups is 2. The molecule has 0 fully saturated rings. The van der Waals surface area contributed by atoms with Crippen LogP contribution in [0.1, 0.15) is 31.8 Å². The van der Waals surface area contributed by atoms with Gasteiger partial charge in [-0.1, -0.05) is 24.8 Å². The number of methoxy groups -OCH3 is 2. The summed E-state index contributed by atoms with van der Waals surface area (Å²) in [5, 5.41) is 0. The van der Waals surface area contributed by atoms with Gasteiger partial charge in [-0.3, -0.25) is 14.5 Å². The molecule has 0 N–H and O–H groups in total. The predicted molar refractivity (Wildman–Crippen MR) is 90.2 cm³/mol. The zero-order valence-corrected chi connectivity index (χ0v) is 14.1. The predicted octanol–water partition coefficient (Wildman–Crippen LogP) is 3.42. The third kappa shape index (κ3) is 2.52. The van der Waals surface area contributed by atoms with E-state index in [-0.39, 0.29) is 28.0 Å². The topological polar surface area (TPSA) is 55.8 Å². The molecule has 2 aromatic rings. The third-order valence-electron chi connectivity index (χ3n) is 4.22. The van der Waals surface area contributed by atoms with Gasteiger partial charge in [0.2, 0.25) is 0 Å². The first kappa shape index (κ1) is 17.6. The van der Waals surface area contributed by atoms with Gasteiger partial charge in [-0.15, -0.1) is 0 Å². The lowest BCUT2D eigenvalue weighted by molar-refractivity contribution is 0.0639. The second-order valence-electron chi connectivity index (χ2n) is 5.57. The molecule has 7 heteroatoms. The molecule has 0 atom stereocenters. The van der Waals surface area contributed by atoms with Crippen LogP contribution in [0.15, 0.2) is 30.8 Å². The van der Waals surface area contributed by atoms with Crippen LogP contribution in [0.25, 0.3) is 6.08 Å². The van der Waals surface area contributed by atoms with Crippen LogP contribution in [0.2, 0.25) is 0 Å². The molecule has 0 saturated heterocycles. The van der Waals surface area contributed by atoms with Crippen molar-refractivity contribution in [2.24, 2.45) is 0 Å². The SMILES string of the molecule is C=Cc1ccc(CN2C(=O)c3ccc(OC)c(OC)c3C2=O)c(F)c1F. The summed E-state index contributed by atoms with van der Waals surface area (Å²) < 4.78 is 38.5. The fraction of sp³-hybridized carbons (Fsp3) is 0.158. The molecule has 3 rings (SSSR count). The van der Waals surface area contributed by atoms with Crippen LogP contribution < -0.4 is 9.47 Å². The normalized spacial score (nSPS) is 13.0. The zero-order valence-electron chi connectivity index (χ0n) is 14.1. The maximum atomic E-state index is 14.2. The third-order valence-corrected chi connectivity index (χ3v) is 4.22. The van der Waals surface area contributed by atoms with Crippen molar-refractivity contribution in [3.63, 3.8) is 0 Å². The minimum absolute atomic E-state index is 0.0000155. The molecule has 5 nitrogen and oxygen atoms in total. The summed E-state index contributed by atoms with van der Waals surface area (Å²) in [6.07, 6.45) is 1.18. The number of ether oxygens (including phenoxy) is 2. The number of carbonyl (C=O) groups excluding carboxylic acids is 2. The van der Waals surface area contributed by atoms with Crippen LogP contribution in [0.3, 0.4) is 0 Å². The highest BCUT2D eigenvalue weighted by molar-refractivity contribution is 6.22. The fourth-order valence-electron chi connectivity index (χ4n) is 2.89. The molecule has 2 aromatic carbocycles. The van der Waals surface area contributed by atoms with Crippen LogP contribution in [-0.4, -0.2) is 30.9 Å². The van der Waals surface area contributed by atoms with Crippen molar-refractivity contribution < 1.29 is 27.8 Å². The van der Waals surface area contributed by atoms with E-state index in [2.05, 4.69) is 6.58 Å². The molecule has 0 unspecified atom stereocenters. The zero-order chi connectivity index (χ0) is 19.0. The van der Waals surface area contributed by atoms with E-state index in [4.69, 9.17) is 9.47 Å². The van der Waals surface area contributed by atoms with Crippen molar-refractivity contribution in [1.82, 2.24) is 4.90 Å². The Morgan fingerprint density at radius 1 is 1.04 bits per heavy atom. The largest absolute Gasteiger partial charge is 0.493 e. The van der Waals surface area contributed by atoms with Gasteiger partial charge in [-0.2, -0.15) is 0 Å². The van der Waals surface area contributed by atoms with Crippen LogP contribution >= 0.6 is 0 Å². The van der Waals surface area contributed by atoms with Gasteiger partial charge in [0.25, 0.3) is 11.8 Å². The summed E-state index contributed by atoms with van der Waals surface area (Å²) in [6, 6.07) is 5.60. The maximum Gasteiger partial charge on any atom is 0.265 e. The van der Waals surface area contributed by atoms with E-state index in [9.17, 15) is 18.4 Å². The van der Waals surface area contributed by atoms with Crippen molar-refractivity contribution in [1.29, 1.82) is 0 Å². The van der Waals surface area contributed by atoms with Gasteiger partial charge < -0.3 is 9.47 Å². The molecule has 134 valence electrons. The van der Waals surface area contributed by atoms with Gasteiger partial charge in [0.1, 0.15) is 0 Å². The van der Waals surface area contributed by atoms with Gasteiger partial charge in [0.05, 0.1) is 31.9 Å². The number of halogens is 2. The molecule has 1 heterocycles. The Bertz CT molecular complexity index is 940. The van der Waals surface area contributed by atoms with Gasteiger partial charge >= 0.3 is 0 Å². The van der Waals surface area contributed by atoms with Gasteiger partial charge in [-0.25, -0.2) is 8.78 Å².